The van der Waals surface area contributed by atoms with Gasteiger partial charge >= 0.3 is 0 Å². The van der Waals surface area contributed by atoms with Crippen LogP contribution >= 0.6 is 0 Å². The largest absolute Gasteiger partial charge is 0.352 e. The molecule has 23 heavy (non-hydrogen) atoms. The Labute approximate surface area is 131 Å². The van der Waals surface area contributed by atoms with Crippen LogP contribution in [0.1, 0.15) is 0 Å². The maximum Gasteiger partial charge on any atom is 0.177 e. The van der Waals surface area contributed by atoms with Gasteiger partial charge in [0.05, 0.1) is 38.8 Å². The van der Waals surface area contributed by atoms with Gasteiger partial charge in [-0.2, -0.15) is 0 Å². The van der Waals surface area contributed by atoms with Gasteiger partial charge in [0.1, 0.15) is 0 Å². The third-order valence-corrected chi connectivity index (χ3v) is 4.13. The number of hydrogen-bond donors (Lipinski definition) is 1. The van der Waals surface area contributed by atoms with E-state index in [0.29, 0.717) is 0 Å². The van der Waals surface area contributed by atoms with Gasteiger partial charge in [-0.1, -0.05) is 12.1 Å². The molecule has 0 fully saturated rings. The Balaban J connectivity index is 1.80. The second-order valence-corrected chi connectivity index (χ2v) is 5.66. The smallest absolute Gasteiger partial charge is 0.177 e. The summed E-state index contributed by atoms with van der Waals surface area (Å²) in [5, 5.41) is 0. The Morgan fingerprint density at radius 1 is 0.783 bits per heavy atom. The fraction of sp³-hybridized carbons (Fsp3) is 0.0556. The third kappa shape index (κ3) is 1.83. The Bertz CT molecular complexity index is 1110. The summed E-state index contributed by atoms with van der Waals surface area (Å²) in [7, 11) is 1.99. The standard InChI is InChI=1S/C18H13N5/c1-23-8-4-7-17(23)18-21-15-9-13-14(10-16(15)22-18)20-12-6-3-2-5-11(12)19-13/h2-10,19H,1H3. The molecule has 5 nitrogen and oxygen atoms in total. The van der Waals surface area contributed by atoms with Gasteiger partial charge in [0.2, 0.25) is 0 Å². The summed E-state index contributed by atoms with van der Waals surface area (Å²) in [5.74, 6) is 0.743. The average molecular weight is 299 g/mol. The van der Waals surface area contributed by atoms with Crippen molar-refractivity contribution in [2.45, 2.75) is 0 Å². The number of fused-ring (bicyclic) bond motifs is 3. The van der Waals surface area contributed by atoms with Crippen molar-refractivity contribution in [3.63, 3.8) is 0 Å². The molecule has 3 heterocycles. The van der Waals surface area contributed by atoms with E-state index in [1.54, 1.807) is 0 Å². The van der Waals surface area contributed by atoms with Crippen LogP contribution in [0, 0.1) is 0 Å². The van der Waals surface area contributed by atoms with E-state index in [1.165, 1.54) is 0 Å². The number of aromatic amines is 1. The fourth-order valence-corrected chi connectivity index (χ4v) is 2.95. The topological polar surface area (TPSA) is 59.4 Å². The zero-order valence-corrected chi connectivity index (χ0v) is 12.5. The molecule has 1 N–H and O–H groups in total. The monoisotopic (exact) mass is 299 g/mol. The van der Waals surface area contributed by atoms with Crippen molar-refractivity contribution in [2.24, 2.45) is 7.05 Å². The van der Waals surface area contributed by atoms with Crippen LogP contribution in [0.3, 0.4) is 0 Å². The molecule has 3 aromatic heterocycles. The molecule has 0 bridgehead atoms. The minimum atomic E-state index is 0.743. The SMILES string of the molecule is Cn1cccc1-c1nc2cc3nc4ccccc4[nH]c3cc2n1. The van der Waals surface area contributed by atoms with Crippen LogP contribution in [-0.2, 0) is 7.05 Å². The van der Waals surface area contributed by atoms with Crippen molar-refractivity contribution in [1.29, 1.82) is 0 Å². The summed E-state index contributed by atoms with van der Waals surface area (Å²) in [6.07, 6.45) is 1.99. The van der Waals surface area contributed by atoms with Crippen molar-refractivity contribution in [2.75, 3.05) is 0 Å². The number of aromatic nitrogens is 5. The number of H-pyrrole nitrogens is 1. The predicted octanol–water partition coefficient (Wildman–Crippen LogP) is 3.66. The molecule has 5 aromatic rings. The molecule has 0 unspecified atom stereocenters. The molecule has 0 saturated carbocycles. The van der Waals surface area contributed by atoms with Crippen molar-refractivity contribution >= 4 is 33.1 Å². The fourth-order valence-electron chi connectivity index (χ4n) is 2.95. The number of benzene rings is 2. The first kappa shape index (κ1) is 12.3. The normalized spacial score (nSPS) is 11.7. The minimum absolute atomic E-state index is 0.743. The first-order valence-electron chi connectivity index (χ1n) is 7.46. The van der Waals surface area contributed by atoms with Gasteiger partial charge < -0.3 is 9.55 Å². The van der Waals surface area contributed by atoms with E-state index < -0.39 is 0 Å². The van der Waals surface area contributed by atoms with Crippen LogP contribution in [-0.4, -0.2) is 24.5 Å². The highest BCUT2D eigenvalue weighted by Gasteiger charge is 2.11. The van der Waals surface area contributed by atoms with E-state index in [9.17, 15) is 0 Å². The molecule has 5 rings (SSSR count). The van der Waals surface area contributed by atoms with Crippen molar-refractivity contribution in [3.8, 4) is 11.5 Å². The number of nitrogens with one attached hydrogen (secondary N) is 1. The lowest BCUT2D eigenvalue weighted by Crippen LogP contribution is -1.90. The van der Waals surface area contributed by atoms with Crippen molar-refractivity contribution in [3.05, 3.63) is 54.7 Å². The number of aryl methyl sites for hydroxylation is 1. The molecule has 0 aliphatic rings. The molecule has 0 aliphatic heterocycles. The highest BCUT2D eigenvalue weighted by Crippen LogP contribution is 2.24. The van der Waals surface area contributed by atoms with Gasteiger partial charge in [0.15, 0.2) is 5.82 Å². The summed E-state index contributed by atoms with van der Waals surface area (Å²) in [6, 6.07) is 16.0. The molecular weight excluding hydrogens is 286 g/mol. The first-order valence-corrected chi connectivity index (χ1v) is 7.46. The zero-order chi connectivity index (χ0) is 15.4. The Kier molecular flexibility index (Phi) is 2.36. The van der Waals surface area contributed by atoms with Crippen LogP contribution < -0.4 is 0 Å². The zero-order valence-electron chi connectivity index (χ0n) is 12.5. The number of imidazole rings is 1. The Hall–Kier alpha value is -3.21. The van der Waals surface area contributed by atoms with Crippen LogP contribution in [0.5, 0.6) is 0 Å². The lowest BCUT2D eigenvalue weighted by atomic mass is 10.2. The maximum atomic E-state index is 4.71. The number of para-hydroxylation sites is 2. The molecule has 110 valence electrons. The van der Waals surface area contributed by atoms with E-state index in [4.69, 9.17) is 4.98 Å². The average Bonchev–Trinajstić information content (AvgIpc) is 3.15. The van der Waals surface area contributed by atoms with Gasteiger partial charge in [0, 0.05) is 13.2 Å². The van der Waals surface area contributed by atoms with Crippen molar-refractivity contribution in [1.82, 2.24) is 24.5 Å². The molecular formula is C18H13N5. The molecule has 0 aliphatic carbocycles. The van der Waals surface area contributed by atoms with Gasteiger partial charge in [0.25, 0.3) is 0 Å². The number of nitrogens with zero attached hydrogens (tertiary/aromatic N) is 4. The van der Waals surface area contributed by atoms with Crippen LogP contribution in [0.25, 0.3) is 44.6 Å². The maximum absolute atomic E-state index is 4.71. The molecule has 0 amide bonds. The quantitative estimate of drug-likeness (QED) is 0.480. The summed E-state index contributed by atoms with van der Waals surface area (Å²) >= 11 is 0. The lowest BCUT2D eigenvalue weighted by Gasteiger charge is -2.01. The summed E-state index contributed by atoms with van der Waals surface area (Å²) in [6.45, 7) is 0. The van der Waals surface area contributed by atoms with Gasteiger partial charge in [-0.25, -0.2) is 15.0 Å². The van der Waals surface area contributed by atoms with Crippen LogP contribution in [0.2, 0.25) is 0 Å². The van der Waals surface area contributed by atoms with E-state index in [2.05, 4.69) is 15.0 Å². The molecule has 0 radical (unpaired) electrons. The van der Waals surface area contributed by atoms with Gasteiger partial charge in [-0.05, 0) is 36.4 Å². The molecule has 0 spiro atoms. The van der Waals surface area contributed by atoms with Crippen LogP contribution in [0.15, 0.2) is 54.7 Å². The molecule has 0 atom stereocenters. The summed E-state index contributed by atoms with van der Waals surface area (Å²) in [4.78, 5) is 17.5. The van der Waals surface area contributed by atoms with Crippen molar-refractivity contribution < 1.29 is 0 Å². The van der Waals surface area contributed by atoms with Gasteiger partial charge in [-0.15, -0.1) is 0 Å². The third-order valence-electron chi connectivity index (χ3n) is 4.13. The van der Waals surface area contributed by atoms with Crippen LogP contribution in [0.4, 0.5) is 0 Å². The molecule has 5 heteroatoms. The number of rotatable bonds is 1. The highest BCUT2D eigenvalue weighted by atomic mass is 15.0. The second-order valence-electron chi connectivity index (χ2n) is 5.66. The Morgan fingerprint density at radius 3 is 2.43 bits per heavy atom. The molecule has 0 saturated heterocycles. The summed E-state index contributed by atoms with van der Waals surface area (Å²) in [5.41, 5.74) is 6.58. The van der Waals surface area contributed by atoms with E-state index in [0.717, 1.165) is 44.6 Å². The van der Waals surface area contributed by atoms with E-state index in [-0.39, 0.29) is 0 Å². The second kappa shape index (κ2) is 4.39. The van der Waals surface area contributed by atoms with E-state index >= 15 is 0 Å². The van der Waals surface area contributed by atoms with Gasteiger partial charge in [-0.3, -0.25) is 0 Å². The van der Waals surface area contributed by atoms with E-state index in [1.807, 2.05) is 66.3 Å². The Morgan fingerprint density at radius 2 is 1.61 bits per heavy atom. The minimum Gasteiger partial charge on any atom is -0.352 e. The lowest BCUT2D eigenvalue weighted by molar-refractivity contribution is 0.927. The summed E-state index contributed by atoms with van der Waals surface area (Å²) < 4.78 is 2.02. The highest BCUT2D eigenvalue weighted by molar-refractivity contribution is 5.95. The predicted molar refractivity (Wildman–Crippen MR) is 91.1 cm³/mol. The molecule has 2 aromatic carbocycles. The number of hydrogen-bond acceptors (Lipinski definition) is 3. The first-order chi connectivity index (χ1) is 11.3.